The number of rotatable bonds is 1. The molecule has 0 atom stereocenters. The molecule has 0 aromatic rings. The average Bonchev–Trinajstić information content (AvgIpc) is 2.04. The number of nitrogens with zero attached hydrogens (tertiary/aromatic N) is 2. The first-order chi connectivity index (χ1) is 5.70. The van der Waals surface area contributed by atoms with E-state index < -0.39 is 0 Å². The maximum absolute atomic E-state index is 8.95. The first-order valence-electron chi connectivity index (χ1n) is 3.05. The van der Waals surface area contributed by atoms with Crippen molar-refractivity contribution in [2.45, 2.75) is 0 Å². The van der Waals surface area contributed by atoms with Crippen LogP contribution in [0.5, 0.6) is 0 Å². The van der Waals surface area contributed by atoms with Gasteiger partial charge in [-0.1, -0.05) is 0 Å². The number of carbonyl (C=O) groups is 1. The number of carbonyl (C=O) groups excluding carboxylic acids is 1. The fourth-order valence-electron chi connectivity index (χ4n) is 0.455. The Morgan fingerprint density at radius 1 is 1.92 bits per heavy atom. The smallest absolute Gasteiger partial charge is 0.292 e. The molecular weight excluding hydrogens is 226 g/mol. The number of hydrazine groups is 1. The number of allylic oxidation sites excluding steroid dienone is 1. The molecule has 0 saturated carbocycles. The highest BCUT2D eigenvalue weighted by Crippen LogP contribution is 2.04. The molecule has 0 aromatic carbocycles. The first kappa shape index (κ1) is 11.1. The Hall–Kier alpha value is -0.880. The Kier molecular flexibility index (Phi) is 6.31. The van der Waals surface area contributed by atoms with Gasteiger partial charge >= 0.3 is 0 Å². The number of ether oxygens (including phenoxy) is 1. The summed E-state index contributed by atoms with van der Waals surface area (Å²) in [6.45, 7) is 0.926. The number of hydrogen-bond acceptors (Lipinski definition) is 5. The van der Waals surface area contributed by atoms with Gasteiger partial charge in [-0.15, -0.1) is 0 Å². The Labute approximate surface area is 79.0 Å². The molecule has 0 bridgehead atoms. The van der Waals surface area contributed by atoms with Gasteiger partial charge in [0.05, 0.1) is 11.6 Å². The van der Waals surface area contributed by atoms with E-state index in [1.54, 1.807) is 12.4 Å². The van der Waals surface area contributed by atoms with Crippen LogP contribution in [0.25, 0.3) is 0 Å². The predicted octanol–water partition coefficient (Wildman–Crippen LogP) is 0.230. The molecule has 0 spiro atoms. The summed E-state index contributed by atoms with van der Waals surface area (Å²) in [4.78, 5) is 12.9. The zero-order valence-electron chi connectivity index (χ0n) is 6.61. The van der Waals surface area contributed by atoms with Gasteiger partial charge in [0.1, 0.15) is 6.67 Å². The second-order valence-electron chi connectivity index (χ2n) is 1.81. The van der Waals surface area contributed by atoms with Gasteiger partial charge in [-0.2, -0.15) is 0 Å². The lowest BCUT2D eigenvalue weighted by Gasteiger charge is -2.12. The van der Waals surface area contributed by atoms with Crippen LogP contribution in [0.1, 0.15) is 0 Å². The number of methoxy groups -OCH3 is 1. The van der Waals surface area contributed by atoms with Crippen molar-refractivity contribution in [2.75, 3.05) is 13.8 Å². The van der Waals surface area contributed by atoms with Crippen molar-refractivity contribution in [3.05, 3.63) is 10.7 Å². The van der Waals surface area contributed by atoms with Crippen molar-refractivity contribution >= 4 is 28.6 Å². The Morgan fingerprint density at radius 2 is 2.50 bits per heavy atom. The zero-order chi connectivity index (χ0) is 9.40. The normalized spacial score (nSPS) is 14.2. The Morgan fingerprint density at radius 3 is 2.75 bits per heavy atom. The number of nitrogens with two attached hydrogens (primary N) is 1. The summed E-state index contributed by atoms with van der Waals surface area (Å²) in [5.41, 5.74) is 0. The fourth-order valence-corrected chi connectivity index (χ4v) is 0.863. The highest BCUT2D eigenvalue weighted by molar-refractivity contribution is 9.12. The lowest BCUT2D eigenvalue weighted by molar-refractivity contribution is -0.126. The summed E-state index contributed by atoms with van der Waals surface area (Å²) in [7, 11) is 1.31. The molecule has 0 fully saturated rings. The molecule has 0 aliphatic carbocycles. The largest absolute Gasteiger partial charge is 0.471 e. The minimum Gasteiger partial charge on any atom is -0.471 e. The molecule has 1 aliphatic rings. The van der Waals surface area contributed by atoms with Crippen LogP contribution in [0.3, 0.4) is 0 Å². The highest BCUT2D eigenvalue weighted by atomic mass is 79.9. The number of halogens is 1. The van der Waals surface area contributed by atoms with Crippen molar-refractivity contribution in [3.63, 3.8) is 0 Å². The molecule has 2 N–H and O–H groups in total. The van der Waals surface area contributed by atoms with Gasteiger partial charge in [0.15, 0.2) is 0 Å². The molecule has 0 aromatic heterocycles. The Bertz CT molecular complexity index is 193. The van der Waals surface area contributed by atoms with E-state index in [-0.39, 0.29) is 0 Å². The third-order valence-electron chi connectivity index (χ3n) is 0.845. The lowest BCUT2D eigenvalue weighted by Crippen LogP contribution is -2.27. The first-order valence-corrected chi connectivity index (χ1v) is 3.85. The van der Waals surface area contributed by atoms with E-state index in [1.807, 2.05) is 0 Å². The van der Waals surface area contributed by atoms with E-state index in [9.17, 15) is 0 Å². The lowest BCUT2D eigenvalue weighted by atomic mass is 10.6. The van der Waals surface area contributed by atoms with Crippen LogP contribution in [-0.4, -0.2) is 31.5 Å². The molecule has 12 heavy (non-hydrogen) atoms. The van der Waals surface area contributed by atoms with Gasteiger partial charge in [0.2, 0.25) is 0 Å². The van der Waals surface area contributed by atoms with Gasteiger partial charge in [-0.25, -0.2) is 5.84 Å². The van der Waals surface area contributed by atoms with E-state index in [4.69, 9.17) is 10.6 Å². The fraction of sp³-hybridized carbons (Fsp3) is 0.333. The van der Waals surface area contributed by atoms with Crippen LogP contribution in [0.15, 0.2) is 15.7 Å². The van der Waals surface area contributed by atoms with Crippen molar-refractivity contribution in [1.82, 2.24) is 5.01 Å². The van der Waals surface area contributed by atoms with Gasteiger partial charge in [-0.05, 0) is 15.9 Å². The average molecular weight is 236 g/mol. The van der Waals surface area contributed by atoms with Crippen molar-refractivity contribution in [3.8, 4) is 0 Å². The second kappa shape index (κ2) is 6.81. The molecule has 0 saturated heterocycles. The summed E-state index contributed by atoms with van der Waals surface area (Å²) >= 11 is 3.22. The summed E-state index contributed by atoms with van der Waals surface area (Å²) < 4.78 is 4.77. The van der Waals surface area contributed by atoms with E-state index in [2.05, 4.69) is 25.7 Å². The van der Waals surface area contributed by atoms with E-state index >= 15 is 0 Å². The maximum Gasteiger partial charge on any atom is 0.292 e. The SMILES string of the molecule is COC=O.NN1C=C(Br)C=NC1. The minimum atomic E-state index is 0.375. The standard InChI is InChI=1S/C4H6BrN3.C2H4O2/c5-4-1-7-3-8(6)2-4;1-4-2-3/h1-2H,3,6H2;2H,1H3. The molecule has 5 nitrogen and oxygen atoms in total. The molecule has 68 valence electrons. The van der Waals surface area contributed by atoms with Crippen LogP contribution in [0.2, 0.25) is 0 Å². The predicted molar refractivity (Wildman–Crippen MR) is 49.5 cm³/mol. The summed E-state index contributed by atoms with van der Waals surface area (Å²) in [6, 6.07) is 0. The van der Waals surface area contributed by atoms with E-state index in [0.717, 1.165) is 4.48 Å². The number of hydrogen-bond donors (Lipinski definition) is 1. The van der Waals surface area contributed by atoms with Gasteiger partial charge in [0.25, 0.3) is 6.47 Å². The van der Waals surface area contributed by atoms with Gasteiger partial charge in [0, 0.05) is 12.4 Å². The quantitative estimate of drug-likeness (QED) is 0.522. The van der Waals surface area contributed by atoms with Gasteiger partial charge < -0.3 is 4.74 Å². The second-order valence-corrected chi connectivity index (χ2v) is 2.73. The van der Waals surface area contributed by atoms with E-state index in [0.29, 0.717) is 13.1 Å². The monoisotopic (exact) mass is 235 g/mol. The highest BCUT2D eigenvalue weighted by Gasteiger charge is 1.95. The molecule has 0 amide bonds. The number of aliphatic imine (C=N–C) groups is 1. The van der Waals surface area contributed by atoms with Crippen LogP contribution in [0, 0.1) is 0 Å². The molecule has 1 rings (SSSR count). The third kappa shape index (κ3) is 5.87. The molecular formula is C6H10BrN3O2. The molecule has 1 aliphatic heterocycles. The zero-order valence-corrected chi connectivity index (χ0v) is 8.19. The summed E-state index contributed by atoms with van der Waals surface area (Å²) in [6.07, 6.45) is 3.50. The molecule has 0 radical (unpaired) electrons. The van der Waals surface area contributed by atoms with Crippen molar-refractivity contribution in [1.29, 1.82) is 0 Å². The van der Waals surface area contributed by atoms with E-state index in [1.165, 1.54) is 12.1 Å². The minimum absolute atomic E-state index is 0.375. The van der Waals surface area contributed by atoms with Gasteiger partial charge in [-0.3, -0.25) is 14.8 Å². The topological polar surface area (TPSA) is 67.9 Å². The molecule has 6 heteroatoms. The van der Waals surface area contributed by atoms with Crippen LogP contribution in [0.4, 0.5) is 0 Å². The van der Waals surface area contributed by atoms with Crippen molar-refractivity contribution in [2.24, 2.45) is 10.8 Å². The molecule has 0 unspecified atom stereocenters. The van der Waals surface area contributed by atoms with Crippen molar-refractivity contribution < 1.29 is 9.53 Å². The molecule has 1 heterocycles. The third-order valence-corrected chi connectivity index (χ3v) is 1.25. The van der Waals surface area contributed by atoms with Crippen LogP contribution >= 0.6 is 15.9 Å². The maximum atomic E-state index is 8.95. The Balaban J connectivity index is 0.000000261. The summed E-state index contributed by atoms with van der Waals surface area (Å²) in [5.74, 6) is 5.34. The summed E-state index contributed by atoms with van der Waals surface area (Å²) in [5, 5.41) is 1.50. The van der Waals surface area contributed by atoms with Crippen LogP contribution in [-0.2, 0) is 9.53 Å². The van der Waals surface area contributed by atoms with Crippen LogP contribution < -0.4 is 5.84 Å².